The van der Waals surface area contributed by atoms with Crippen molar-refractivity contribution in [1.82, 2.24) is 9.88 Å². The molecule has 0 amide bonds. The third kappa shape index (κ3) is 9.98. The average molecular weight is 723 g/mol. The van der Waals surface area contributed by atoms with E-state index in [1.807, 2.05) is 48.5 Å². The van der Waals surface area contributed by atoms with Gasteiger partial charge < -0.3 is 23.7 Å². The summed E-state index contributed by atoms with van der Waals surface area (Å²) in [5, 5.41) is 0. The van der Waals surface area contributed by atoms with Crippen molar-refractivity contribution in [3.63, 3.8) is 0 Å². The predicted octanol–water partition coefficient (Wildman–Crippen LogP) is 7.07. The summed E-state index contributed by atoms with van der Waals surface area (Å²) in [6.45, 7) is 20.9. The van der Waals surface area contributed by atoms with Gasteiger partial charge in [0.25, 0.3) is 0 Å². The van der Waals surface area contributed by atoms with E-state index in [1.165, 1.54) is 0 Å². The molecule has 11 nitrogen and oxygen atoms in total. The van der Waals surface area contributed by atoms with Crippen molar-refractivity contribution in [3.8, 4) is 11.3 Å². The van der Waals surface area contributed by atoms with E-state index in [1.54, 1.807) is 83.1 Å². The highest BCUT2D eigenvalue weighted by Gasteiger charge is 2.57. The van der Waals surface area contributed by atoms with E-state index in [4.69, 9.17) is 28.7 Å². The molecule has 2 aromatic rings. The van der Waals surface area contributed by atoms with Crippen LogP contribution < -0.4 is 0 Å². The molecule has 286 valence electrons. The van der Waals surface area contributed by atoms with Gasteiger partial charge in [-0.1, -0.05) is 36.4 Å². The van der Waals surface area contributed by atoms with Gasteiger partial charge in [0, 0.05) is 12.1 Å². The predicted molar refractivity (Wildman–Crippen MR) is 195 cm³/mol. The molecule has 2 fully saturated rings. The van der Waals surface area contributed by atoms with Crippen LogP contribution in [0, 0.1) is 21.7 Å². The summed E-state index contributed by atoms with van der Waals surface area (Å²) in [4.78, 5) is 61.2. The van der Waals surface area contributed by atoms with Gasteiger partial charge in [-0.2, -0.15) is 0 Å². The van der Waals surface area contributed by atoms with Gasteiger partial charge in [-0.15, -0.1) is 0 Å². The highest BCUT2D eigenvalue weighted by molar-refractivity contribution is 5.78. The molecule has 0 spiro atoms. The lowest BCUT2D eigenvalue weighted by molar-refractivity contribution is -0.286. The molecular weight excluding hydrogens is 664 g/mol. The molecule has 2 aliphatic heterocycles. The van der Waals surface area contributed by atoms with Crippen LogP contribution in [-0.4, -0.2) is 77.6 Å². The van der Waals surface area contributed by atoms with Crippen molar-refractivity contribution in [2.24, 2.45) is 21.7 Å². The Morgan fingerprint density at radius 1 is 0.673 bits per heavy atom. The fourth-order valence-corrected chi connectivity index (χ4v) is 5.79. The van der Waals surface area contributed by atoms with Crippen LogP contribution in [-0.2, 0) is 42.9 Å². The van der Waals surface area contributed by atoms with E-state index >= 15 is 0 Å². The van der Waals surface area contributed by atoms with Crippen LogP contribution >= 0.6 is 0 Å². The number of rotatable bonds is 8. The second kappa shape index (κ2) is 15.6. The number of ether oxygens (including phenoxy) is 5. The zero-order valence-corrected chi connectivity index (χ0v) is 33.0. The fourth-order valence-electron chi connectivity index (χ4n) is 5.79. The lowest BCUT2D eigenvalue weighted by Gasteiger charge is -2.49. The van der Waals surface area contributed by atoms with Crippen molar-refractivity contribution in [3.05, 3.63) is 54.2 Å². The first-order valence-electron chi connectivity index (χ1n) is 18.2. The lowest BCUT2D eigenvalue weighted by Crippen LogP contribution is -2.67. The number of esters is 4. The van der Waals surface area contributed by atoms with Crippen molar-refractivity contribution < 1.29 is 42.9 Å². The van der Waals surface area contributed by atoms with Gasteiger partial charge in [0.2, 0.25) is 0 Å². The van der Waals surface area contributed by atoms with Crippen LogP contribution in [0.25, 0.3) is 11.3 Å². The molecule has 0 radical (unpaired) electrons. The van der Waals surface area contributed by atoms with Crippen LogP contribution in [0.3, 0.4) is 0 Å². The van der Waals surface area contributed by atoms with Crippen LogP contribution in [0.5, 0.6) is 0 Å². The molecule has 4 rings (SSSR count). The molecule has 1 aromatic heterocycles. The number of aromatic nitrogens is 1. The molecule has 3 heterocycles. The molecule has 0 aliphatic carbocycles. The molecule has 0 unspecified atom stereocenters. The molecule has 1 aromatic carbocycles. The minimum Gasteiger partial charge on any atom is -0.462 e. The summed E-state index contributed by atoms with van der Waals surface area (Å²) < 4.78 is 31.3. The van der Waals surface area contributed by atoms with Gasteiger partial charge in [-0.05, 0) is 108 Å². The number of pyridine rings is 1. The van der Waals surface area contributed by atoms with Crippen LogP contribution in [0.1, 0.15) is 108 Å². The smallest absolute Gasteiger partial charge is 0.311 e. The summed E-state index contributed by atoms with van der Waals surface area (Å²) in [6, 6.07) is 15.5. The Balaban J connectivity index is 1.87. The quantitative estimate of drug-likeness (QED) is 0.205. The Bertz CT molecular complexity index is 1580. The Hall–Kier alpha value is -3.83. The standard InChI is InChI=1S/C41H58N2O9/c1-38(2,3)34(44)48-24-29-30(50-35(45)39(4,5)6)31(51-36(46)40(7,8)9)32(52-37(47)41(10,11)12)33(49-29)43-23-17-22-28(43)27-21-16-20-26(42-27)25-18-14-13-15-19-25/h13-16,18-21,28-33H,17,22-24H2,1-12H3/t28-,29+,30-,31-,32+,33+/m0/s1. The van der Waals surface area contributed by atoms with E-state index in [-0.39, 0.29) is 12.6 Å². The zero-order valence-electron chi connectivity index (χ0n) is 33.0. The zero-order chi connectivity index (χ0) is 38.8. The molecule has 2 saturated heterocycles. The minimum absolute atomic E-state index is 0.269. The number of nitrogens with zero attached hydrogens (tertiary/aromatic N) is 2. The fraction of sp³-hybridized carbons (Fsp3) is 0.634. The molecular formula is C41H58N2O9. The Kier molecular flexibility index (Phi) is 12.3. The summed E-state index contributed by atoms with van der Waals surface area (Å²) in [7, 11) is 0. The topological polar surface area (TPSA) is 131 Å². The van der Waals surface area contributed by atoms with E-state index in [0.29, 0.717) is 6.54 Å². The number of likely N-dealkylation sites (tertiary alicyclic amines) is 1. The van der Waals surface area contributed by atoms with Crippen molar-refractivity contribution in [2.75, 3.05) is 13.2 Å². The lowest BCUT2D eigenvalue weighted by atomic mass is 9.92. The van der Waals surface area contributed by atoms with Gasteiger partial charge in [0.15, 0.2) is 24.5 Å². The number of carbonyl (C=O) groups excluding carboxylic acids is 4. The molecule has 2 aliphatic rings. The second-order valence-corrected chi connectivity index (χ2v) is 18.0. The number of hydrogen-bond donors (Lipinski definition) is 0. The van der Waals surface area contributed by atoms with Gasteiger partial charge in [-0.25, -0.2) is 0 Å². The van der Waals surface area contributed by atoms with E-state index in [0.717, 1.165) is 29.8 Å². The molecule has 0 N–H and O–H groups in total. The first-order chi connectivity index (χ1) is 24.0. The summed E-state index contributed by atoms with van der Waals surface area (Å²) in [5.74, 6) is -2.22. The number of benzene rings is 1. The van der Waals surface area contributed by atoms with E-state index in [9.17, 15) is 19.2 Å². The minimum atomic E-state index is -1.31. The normalized spacial score (nSPS) is 24.5. The van der Waals surface area contributed by atoms with Gasteiger partial charge in [-0.3, -0.25) is 29.1 Å². The van der Waals surface area contributed by atoms with Crippen molar-refractivity contribution >= 4 is 23.9 Å². The molecule has 11 heteroatoms. The number of hydrogen-bond acceptors (Lipinski definition) is 11. The monoisotopic (exact) mass is 722 g/mol. The summed E-state index contributed by atoms with van der Waals surface area (Å²) in [5.41, 5.74) is -1.10. The van der Waals surface area contributed by atoms with Crippen LogP contribution in [0.15, 0.2) is 48.5 Å². The van der Waals surface area contributed by atoms with Gasteiger partial charge >= 0.3 is 23.9 Å². The van der Waals surface area contributed by atoms with E-state index in [2.05, 4.69) is 4.90 Å². The first kappa shape index (κ1) is 40.9. The maximum Gasteiger partial charge on any atom is 0.311 e. The van der Waals surface area contributed by atoms with Crippen molar-refractivity contribution in [1.29, 1.82) is 0 Å². The summed E-state index contributed by atoms with van der Waals surface area (Å²) >= 11 is 0. The molecule has 6 atom stereocenters. The second-order valence-electron chi connectivity index (χ2n) is 18.0. The molecule has 0 saturated carbocycles. The molecule has 52 heavy (non-hydrogen) atoms. The highest BCUT2D eigenvalue weighted by Crippen LogP contribution is 2.41. The maximum atomic E-state index is 13.7. The van der Waals surface area contributed by atoms with Crippen molar-refractivity contribution in [2.45, 2.75) is 133 Å². The first-order valence-corrected chi connectivity index (χ1v) is 18.2. The van der Waals surface area contributed by atoms with Gasteiger partial charge in [0.1, 0.15) is 12.7 Å². The Morgan fingerprint density at radius 3 is 1.73 bits per heavy atom. The average Bonchev–Trinajstić information content (AvgIpc) is 3.54. The Morgan fingerprint density at radius 2 is 1.19 bits per heavy atom. The van der Waals surface area contributed by atoms with Crippen LogP contribution in [0.4, 0.5) is 0 Å². The SMILES string of the molecule is CC(C)(C)C(=O)OC[C@H]1O[C@@H](N2CCC[C@H]2c2cccc(-c3ccccc3)n2)[C@H](OC(=O)C(C)(C)C)[C@@H](OC(=O)C(C)(C)C)[C@H]1OC(=O)C(C)(C)C. The molecule has 0 bridgehead atoms. The van der Waals surface area contributed by atoms with Gasteiger partial charge in [0.05, 0.1) is 39.1 Å². The van der Waals surface area contributed by atoms with Crippen LogP contribution in [0.2, 0.25) is 0 Å². The third-order valence-corrected chi connectivity index (χ3v) is 8.97. The number of carbonyl (C=O) groups is 4. The largest absolute Gasteiger partial charge is 0.462 e. The Labute approximate surface area is 309 Å². The third-order valence-electron chi connectivity index (χ3n) is 8.97. The summed E-state index contributed by atoms with van der Waals surface area (Å²) in [6.07, 6.45) is -4.42. The highest BCUT2D eigenvalue weighted by atomic mass is 16.7. The maximum absolute atomic E-state index is 13.7. The van der Waals surface area contributed by atoms with E-state index < -0.39 is 76.2 Å².